The van der Waals surface area contributed by atoms with Gasteiger partial charge in [-0.3, -0.25) is 19.3 Å². The molecule has 0 aliphatic carbocycles. The quantitative estimate of drug-likeness (QED) is 0.580. The Morgan fingerprint density at radius 3 is 2.12 bits per heavy atom. The number of anilines is 1. The van der Waals surface area contributed by atoms with Crippen molar-refractivity contribution in [1.29, 1.82) is 0 Å². The Labute approximate surface area is 164 Å². The molecule has 0 spiro atoms. The average molecular weight is 409 g/mol. The van der Waals surface area contributed by atoms with E-state index in [1.165, 1.54) is 16.7 Å². The van der Waals surface area contributed by atoms with Gasteiger partial charge in [0.2, 0.25) is 5.91 Å². The van der Waals surface area contributed by atoms with Gasteiger partial charge in [-0.25, -0.2) is 0 Å². The lowest BCUT2D eigenvalue weighted by Gasteiger charge is -2.13. The topological polar surface area (TPSA) is 66.5 Å². The molecule has 0 radical (unpaired) electrons. The third-order valence-electron chi connectivity index (χ3n) is 3.80. The van der Waals surface area contributed by atoms with Crippen LogP contribution < -0.4 is 5.32 Å². The third kappa shape index (κ3) is 3.87. The molecule has 26 heavy (non-hydrogen) atoms. The van der Waals surface area contributed by atoms with Crippen LogP contribution in [0.4, 0.5) is 5.69 Å². The summed E-state index contributed by atoms with van der Waals surface area (Å²) in [6.45, 7) is 0.247. The Morgan fingerprint density at radius 1 is 0.962 bits per heavy atom. The lowest BCUT2D eigenvalue weighted by Crippen LogP contribution is -2.32. The first-order chi connectivity index (χ1) is 12.5. The SMILES string of the molecule is O=C(CSCCN1C(=O)c2ccccc2C1=O)Nc1c(Cl)cccc1Cl. The zero-order valence-electron chi connectivity index (χ0n) is 13.5. The van der Waals surface area contributed by atoms with Crippen LogP contribution >= 0.6 is 35.0 Å². The molecule has 1 heterocycles. The van der Waals surface area contributed by atoms with Gasteiger partial charge in [-0.05, 0) is 24.3 Å². The number of nitrogens with zero attached hydrogens (tertiary/aromatic N) is 1. The van der Waals surface area contributed by atoms with E-state index in [1.54, 1.807) is 42.5 Å². The number of rotatable bonds is 6. The molecule has 0 aromatic heterocycles. The number of amides is 3. The predicted octanol–water partition coefficient (Wildman–Crippen LogP) is 3.96. The second kappa shape index (κ2) is 8.12. The van der Waals surface area contributed by atoms with Crippen molar-refractivity contribution in [3.05, 3.63) is 63.6 Å². The fourth-order valence-electron chi connectivity index (χ4n) is 2.56. The maximum atomic E-state index is 12.2. The number of carbonyl (C=O) groups is 3. The lowest BCUT2D eigenvalue weighted by molar-refractivity contribution is -0.113. The van der Waals surface area contributed by atoms with E-state index in [9.17, 15) is 14.4 Å². The van der Waals surface area contributed by atoms with Crippen LogP contribution in [-0.2, 0) is 4.79 Å². The van der Waals surface area contributed by atoms with Gasteiger partial charge < -0.3 is 5.32 Å². The number of hydrogen-bond donors (Lipinski definition) is 1. The molecule has 0 fully saturated rings. The highest BCUT2D eigenvalue weighted by Crippen LogP contribution is 2.30. The minimum absolute atomic E-state index is 0.157. The normalized spacial score (nSPS) is 13.1. The summed E-state index contributed by atoms with van der Waals surface area (Å²) in [5.41, 5.74) is 1.23. The first kappa shape index (κ1) is 18.8. The average Bonchev–Trinajstić information content (AvgIpc) is 2.87. The molecule has 134 valence electrons. The Hall–Kier alpha value is -2.02. The van der Waals surface area contributed by atoms with E-state index in [0.29, 0.717) is 32.6 Å². The highest BCUT2D eigenvalue weighted by molar-refractivity contribution is 7.99. The lowest BCUT2D eigenvalue weighted by atomic mass is 10.1. The largest absolute Gasteiger partial charge is 0.323 e. The summed E-state index contributed by atoms with van der Waals surface area (Å²) >= 11 is 13.3. The molecule has 0 unspecified atom stereocenters. The number of carbonyl (C=O) groups excluding carboxylic acids is 3. The zero-order chi connectivity index (χ0) is 18.7. The van der Waals surface area contributed by atoms with E-state index >= 15 is 0 Å². The smallest absolute Gasteiger partial charge is 0.261 e. The van der Waals surface area contributed by atoms with Gasteiger partial charge in [0.15, 0.2) is 0 Å². The Bertz CT molecular complexity index is 833. The summed E-state index contributed by atoms with van der Waals surface area (Å²) in [4.78, 5) is 37.7. The number of imide groups is 1. The van der Waals surface area contributed by atoms with E-state index < -0.39 is 0 Å². The molecule has 2 aromatic rings. The molecular weight excluding hydrogens is 395 g/mol. The first-order valence-electron chi connectivity index (χ1n) is 7.76. The molecule has 8 heteroatoms. The van der Waals surface area contributed by atoms with Crippen LogP contribution in [0, 0.1) is 0 Å². The Morgan fingerprint density at radius 2 is 1.54 bits per heavy atom. The molecule has 2 aromatic carbocycles. The summed E-state index contributed by atoms with van der Waals surface area (Å²) < 4.78 is 0. The fraction of sp³-hybridized carbons (Fsp3) is 0.167. The summed E-state index contributed by atoms with van der Waals surface area (Å²) in [6, 6.07) is 11.7. The number of para-hydroxylation sites is 1. The van der Waals surface area contributed by atoms with Crippen LogP contribution in [0.2, 0.25) is 10.0 Å². The molecule has 3 amide bonds. The van der Waals surface area contributed by atoms with Crippen molar-refractivity contribution in [2.45, 2.75) is 0 Å². The van der Waals surface area contributed by atoms with Crippen molar-refractivity contribution in [3.8, 4) is 0 Å². The van der Waals surface area contributed by atoms with Crippen molar-refractivity contribution in [1.82, 2.24) is 4.90 Å². The van der Waals surface area contributed by atoms with Crippen molar-refractivity contribution in [2.24, 2.45) is 0 Å². The molecule has 1 aliphatic rings. The van der Waals surface area contributed by atoms with Gasteiger partial charge in [0.05, 0.1) is 32.6 Å². The first-order valence-corrected chi connectivity index (χ1v) is 9.67. The minimum atomic E-state index is -0.293. The van der Waals surface area contributed by atoms with E-state index in [2.05, 4.69) is 5.32 Å². The fourth-order valence-corrected chi connectivity index (χ4v) is 3.76. The Balaban J connectivity index is 1.48. The van der Waals surface area contributed by atoms with E-state index in [1.807, 2.05) is 0 Å². The highest BCUT2D eigenvalue weighted by atomic mass is 35.5. The third-order valence-corrected chi connectivity index (χ3v) is 5.37. The second-order valence-electron chi connectivity index (χ2n) is 5.50. The zero-order valence-corrected chi connectivity index (χ0v) is 15.8. The van der Waals surface area contributed by atoms with Crippen LogP contribution in [0.1, 0.15) is 20.7 Å². The number of nitrogens with one attached hydrogen (secondary N) is 1. The van der Waals surface area contributed by atoms with Crippen LogP contribution in [-0.4, -0.2) is 40.7 Å². The predicted molar refractivity (Wildman–Crippen MR) is 104 cm³/mol. The number of hydrogen-bond acceptors (Lipinski definition) is 4. The number of halogens is 2. The monoisotopic (exact) mass is 408 g/mol. The molecule has 0 saturated heterocycles. The minimum Gasteiger partial charge on any atom is -0.323 e. The number of fused-ring (bicyclic) bond motifs is 1. The van der Waals surface area contributed by atoms with Gasteiger partial charge in [0.25, 0.3) is 11.8 Å². The number of thioether (sulfide) groups is 1. The standard InChI is InChI=1S/C18H14Cl2N2O3S/c19-13-6-3-7-14(20)16(13)21-15(23)10-26-9-8-22-17(24)11-4-1-2-5-12(11)18(22)25/h1-7H,8-10H2,(H,21,23). The van der Waals surface area contributed by atoms with Crippen molar-refractivity contribution >= 4 is 58.4 Å². The summed E-state index contributed by atoms with van der Waals surface area (Å²) in [5, 5.41) is 3.39. The van der Waals surface area contributed by atoms with Gasteiger partial charge in [0.1, 0.15) is 0 Å². The van der Waals surface area contributed by atoms with Crippen LogP contribution in [0.3, 0.4) is 0 Å². The van der Waals surface area contributed by atoms with Gasteiger partial charge in [0, 0.05) is 12.3 Å². The maximum Gasteiger partial charge on any atom is 0.261 e. The van der Waals surface area contributed by atoms with Gasteiger partial charge in [-0.15, -0.1) is 0 Å². The maximum absolute atomic E-state index is 12.2. The van der Waals surface area contributed by atoms with Crippen molar-refractivity contribution in [3.63, 3.8) is 0 Å². The van der Waals surface area contributed by atoms with Crippen molar-refractivity contribution in [2.75, 3.05) is 23.4 Å². The van der Waals surface area contributed by atoms with Crippen molar-refractivity contribution < 1.29 is 14.4 Å². The molecule has 5 nitrogen and oxygen atoms in total. The second-order valence-corrected chi connectivity index (χ2v) is 7.42. The molecule has 1 aliphatic heterocycles. The van der Waals surface area contributed by atoms with Gasteiger partial charge >= 0.3 is 0 Å². The van der Waals surface area contributed by atoms with Crippen LogP contribution in [0.5, 0.6) is 0 Å². The van der Waals surface area contributed by atoms with E-state index in [4.69, 9.17) is 23.2 Å². The summed E-state index contributed by atoms with van der Waals surface area (Å²) in [7, 11) is 0. The van der Waals surface area contributed by atoms with E-state index in [-0.39, 0.29) is 30.0 Å². The molecule has 1 N–H and O–H groups in total. The molecule has 0 saturated carbocycles. The Kier molecular flexibility index (Phi) is 5.86. The molecule has 0 bridgehead atoms. The summed E-state index contributed by atoms with van der Waals surface area (Å²) in [5.74, 6) is -0.232. The summed E-state index contributed by atoms with van der Waals surface area (Å²) in [6.07, 6.45) is 0. The van der Waals surface area contributed by atoms with Crippen LogP contribution in [0.25, 0.3) is 0 Å². The van der Waals surface area contributed by atoms with Crippen LogP contribution in [0.15, 0.2) is 42.5 Å². The van der Waals surface area contributed by atoms with E-state index in [0.717, 1.165) is 0 Å². The van der Waals surface area contributed by atoms with Gasteiger partial charge in [-0.1, -0.05) is 41.4 Å². The molecular formula is C18H14Cl2N2O3S. The molecule has 0 atom stereocenters. The van der Waals surface area contributed by atoms with Gasteiger partial charge in [-0.2, -0.15) is 11.8 Å². The highest BCUT2D eigenvalue weighted by Gasteiger charge is 2.34. The number of benzene rings is 2. The molecule has 3 rings (SSSR count).